The molecule has 2 N–H and O–H groups in total. The summed E-state index contributed by atoms with van der Waals surface area (Å²) in [6.45, 7) is 2.33. The van der Waals surface area contributed by atoms with Crippen LogP contribution in [0, 0.1) is 12.7 Å². The van der Waals surface area contributed by atoms with Crippen LogP contribution in [0.25, 0.3) is 0 Å². The van der Waals surface area contributed by atoms with Gasteiger partial charge in [-0.3, -0.25) is 0 Å². The fourth-order valence-corrected chi connectivity index (χ4v) is 2.66. The predicted octanol–water partition coefficient (Wildman–Crippen LogP) is 4.03. The topological polar surface area (TPSA) is 44.5 Å². The van der Waals surface area contributed by atoms with Gasteiger partial charge in [0.2, 0.25) is 0 Å². The van der Waals surface area contributed by atoms with Crippen molar-refractivity contribution in [2.24, 2.45) is 0 Å². The lowest BCUT2D eigenvalue weighted by Crippen LogP contribution is -2.01. The molecule has 0 aliphatic heterocycles. The summed E-state index contributed by atoms with van der Waals surface area (Å²) < 4.78 is 24.3. The van der Waals surface area contributed by atoms with Crippen molar-refractivity contribution in [3.05, 3.63) is 47.3 Å². The van der Waals surface area contributed by atoms with E-state index in [9.17, 15) is 4.39 Å². The molecule has 3 nitrogen and oxygen atoms in total. The Balaban J connectivity index is 2.22. The van der Waals surface area contributed by atoms with Crippen molar-refractivity contribution in [2.45, 2.75) is 18.4 Å². The zero-order valence-corrected chi connectivity index (χ0v) is 13.1. The van der Waals surface area contributed by atoms with Crippen LogP contribution in [0.2, 0.25) is 0 Å². The highest BCUT2D eigenvalue weighted by molar-refractivity contribution is 7.98. The molecule has 0 fully saturated rings. The number of nitrogen functional groups attached to an aromatic ring is 1. The minimum absolute atomic E-state index is 0.0773. The summed E-state index contributed by atoms with van der Waals surface area (Å²) in [5, 5.41) is 0. The molecule has 0 unspecified atom stereocenters. The van der Waals surface area contributed by atoms with Crippen molar-refractivity contribution in [2.75, 3.05) is 19.1 Å². The van der Waals surface area contributed by atoms with Crippen LogP contribution in [-0.2, 0) is 6.61 Å². The molecule has 21 heavy (non-hydrogen) atoms. The molecule has 0 heterocycles. The second-order valence-corrected chi connectivity index (χ2v) is 5.49. The summed E-state index contributed by atoms with van der Waals surface area (Å²) in [4.78, 5) is 1.14. The van der Waals surface area contributed by atoms with Gasteiger partial charge in [-0.25, -0.2) is 4.39 Å². The zero-order valence-electron chi connectivity index (χ0n) is 12.3. The Kier molecular flexibility index (Phi) is 4.96. The summed E-state index contributed by atoms with van der Waals surface area (Å²) in [6, 6.07) is 8.44. The number of nitrogens with two attached hydrogens (primary N) is 1. The molecule has 0 amide bonds. The molecule has 0 radical (unpaired) electrons. The van der Waals surface area contributed by atoms with Crippen molar-refractivity contribution in [1.82, 2.24) is 0 Å². The predicted molar refractivity (Wildman–Crippen MR) is 84.7 cm³/mol. The summed E-state index contributed by atoms with van der Waals surface area (Å²) in [7, 11) is 1.64. The Labute approximate surface area is 128 Å². The van der Waals surface area contributed by atoms with E-state index in [1.54, 1.807) is 24.9 Å². The number of anilines is 1. The smallest absolute Gasteiger partial charge is 0.146 e. The van der Waals surface area contributed by atoms with Crippen LogP contribution in [-0.4, -0.2) is 13.4 Å². The number of hydrogen-bond acceptors (Lipinski definition) is 4. The summed E-state index contributed by atoms with van der Waals surface area (Å²) in [6.07, 6.45) is 2.02. The molecule has 2 aromatic carbocycles. The molecule has 0 aliphatic carbocycles. The van der Waals surface area contributed by atoms with Crippen LogP contribution >= 0.6 is 11.8 Å². The highest BCUT2D eigenvalue weighted by Gasteiger charge is 2.10. The first-order chi connectivity index (χ1) is 10.0. The Morgan fingerprint density at radius 1 is 1.24 bits per heavy atom. The van der Waals surface area contributed by atoms with Crippen LogP contribution in [0.3, 0.4) is 0 Å². The van der Waals surface area contributed by atoms with Gasteiger partial charge in [-0.05, 0) is 43.0 Å². The molecular weight excluding hydrogens is 289 g/mol. The fourth-order valence-electron chi connectivity index (χ4n) is 2.10. The Morgan fingerprint density at radius 3 is 2.62 bits per heavy atom. The third kappa shape index (κ3) is 3.61. The van der Waals surface area contributed by atoms with E-state index in [4.69, 9.17) is 15.2 Å². The van der Waals surface area contributed by atoms with Gasteiger partial charge in [0.1, 0.15) is 23.9 Å². The minimum Gasteiger partial charge on any atom is -0.496 e. The van der Waals surface area contributed by atoms with Crippen LogP contribution in [0.15, 0.2) is 35.2 Å². The van der Waals surface area contributed by atoms with Crippen molar-refractivity contribution in [3.8, 4) is 11.5 Å². The van der Waals surface area contributed by atoms with E-state index < -0.39 is 5.82 Å². The standard InChI is InChI=1S/C16H18FNO2S/c1-10-6-13(21-3)7-11(16(10)19-2)9-20-12-4-5-14(17)15(18)8-12/h4-8H,9,18H2,1-3H3. The number of thioether (sulfide) groups is 1. The molecule has 5 heteroatoms. The van der Waals surface area contributed by atoms with Crippen LogP contribution in [0.5, 0.6) is 11.5 Å². The normalized spacial score (nSPS) is 10.5. The Morgan fingerprint density at radius 2 is 2.00 bits per heavy atom. The van der Waals surface area contributed by atoms with Crippen LogP contribution in [0.1, 0.15) is 11.1 Å². The molecule has 0 spiro atoms. The van der Waals surface area contributed by atoms with E-state index in [0.29, 0.717) is 12.4 Å². The lowest BCUT2D eigenvalue weighted by molar-refractivity contribution is 0.295. The fraction of sp³-hybridized carbons (Fsp3) is 0.250. The highest BCUT2D eigenvalue weighted by Crippen LogP contribution is 2.30. The molecule has 0 bridgehead atoms. The molecule has 0 saturated carbocycles. The first-order valence-electron chi connectivity index (χ1n) is 6.44. The number of benzene rings is 2. The Hall–Kier alpha value is -1.88. The van der Waals surface area contributed by atoms with Gasteiger partial charge in [0.15, 0.2) is 0 Å². The van der Waals surface area contributed by atoms with Gasteiger partial charge < -0.3 is 15.2 Å². The number of aryl methyl sites for hydroxylation is 1. The first kappa shape index (κ1) is 15.5. The molecule has 0 aliphatic rings. The number of hydrogen-bond donors (Lipinski definition) is 1. The summed E-state index contributed by atoms with van der Waals surface area (Å²) in [5.74, 6) is 0.895. The third-order valence-electron chi connectivity index (χ3n) is 3.13. The van der Waals surface area contributed by atoms with E-state index >= 15 is 0 Å². The SMILES string of the molecule is COc1c(C)cc(SC)cc1COc1ccc(F)c(N)c1. The third-order valence-corrected chi connectivity index (χ3v) is 3.83. The van der Waals surface area contributed by atoms with Crippen molar-refractivity contribution in [3.63, 3.8) is 0 Å². The van der Waals surface area contributed by atoms with Gasteiger partial charge >= 0.3 is 0 Å². The first-order valence-corrected chi connectivity index (χ1v) is 7.67. The van der Waals surface area contributed by atoms with Crippen LogP contribution < -0.4 is 15.2 Å². The average molecular weight is 307 g/mol. The maximum absolute atomic E-state index is 13.1. The van der Waals surface area contributed by atoms with Gasteiger partial charge in [0, 0.05) is 16.5 Å². The van der Waals surface area contributed by atoms with Gasteiger partial charge in [-0.1, -0.05) is 0 Å². The number of ether oxygens (including phenoxy) is 2. The van der Waals surface area contributed by atoms with Crippen molar-refractivity contribution >= 4 is 17.4 Å². The summed E-state index contributed by atoms with van der Waals surface area (Å²) >= 11 is 1.66. The van der Waals surface area contributed by atoms with E-state index in [1.807, 2.05) is 19.2 Å². The molecule has 0 saturated heterocycles. The minimum atomic E-state index is -0.444. The lowest BCUT2D eigenvalue weighted by Gasteiger charge is -2.14. The monoisotopic (exact) mass is 307 g/mol. The van der Waals surface area contributed by atoms with Gasteiger partial charge in [-0.15, -0.1) is 11.8 Å². The molecule has 0 atom stereocenters. The van der Waals surface area contributed by atoms with E-state index in [2.05, 4.69) is 6.07 Å². The molecule has 2 rings (SSSR count). The molecular formula is C16H18FNO2S. The lowest BCUT2D eigenvalue weighted by atomic mass is 10.1. The number of rotatable bonds is 5. The number of halogens is 1. The average Bonchev–Trinajstić information content (AvgIpc) is 2.48. The summed E-state index contributed by atoms with van der Waals surface area (Å²) in [5.41, 5.74) is 7.62. The van der Waals surface area contributed by atoms with Gasteiger partial charge in [0.05, 0.1) is 12.8 Å². The maximum Gasteiger partial charge on any atom is 0.146 e. The van der Waals surface area contributed by atoms with Gasteiger partial charge in [-0.2, -0.15) is 0 Å². The van der Waals surface area contributed by atoms with Gasteiger partial charge in [0.25, 0.3) is 0 Å². The van der Waals surface area contributed by atoms with Crippen molar-refractivity contribution < 1.29 is 13.9 Å². The molecule has 112 valence electrons. The largest absolute Gasteiger partial charge is 0.496 e. The second kappa shape index (κ2) is 6.72. The van der Waals surface area contributed by atoms with Crippen LogP contribution in [0.4, 0.5) is 10.1 Å². The van der Waals surface area contributed by atoms with E-state index in [1.165, 1.54) is 12.1 Å². The maximum atomic E-state index is 13.1. The van der Waals surface area contributed by atoms with Crippen molar-refractivity contribution in [1.29, 1.82) is 0 Å². The molecule has 0 aromatic heterocycles. The zero-order chi connectivity index (χ0) is 15.4. The quantitative estimate of drug-likeness (QED) is 0.669. The number of methoxy groups -OCH3 is 1. The molecule has 2 aromatic rings. The highest BCUT2D eigenvalue weighted by atomic mass is 32.2. The van der Waals surface area contributed by atoms with E-state index in [-0.39, 0.29) is 5.69 Å². The Bertz CT molecular complexity index is 646. The second-order valence-electron chi connectivity index (χ2n) is 4.61. The van der Waals surface area contributed by atoms with E-state index in [0.717, 1.165) is 21.8 Å².